The zero-order valence-corrected chi connectivity index (χ0v) is 11.3. The van der Waals surface area contributed by atoms with E-state index in [1.165, 1.54) is 30.0 Å². The Bertz CT molecular complexity index is 652. The van der Waals surface area contributed by atoms with Crippen LogP contribution in [-0.2, 0) is 12.7 Å². The van der Waals surface area contributed by atoms with E-state index in [4.69, 9.17) is 5.11 Å². The van der Waals surface area contributed by atoms with Crippen LogP contribution in [0.4, 0.5) is 13.2 Å². The highest BCUT2D eigenvalue weighted by molar-refractivity contribution is 7.98. The van der Waals surface area contributed by atoms with Crippen LogP contribution in [0.5, 0.6) is 0 Å². The van der Waals surface area contributed by atoms with Gasteiger partial charge in [-0.05, 0) is 18.4 Å². The van der Waals surface area contributed by atoms with E-state index in [2.05, 4.69) is 4.98 Å². The molecule has 0 aliphatic heterocycles. The van der Waals surface area contributed by atoms with Crippen molar-refractivity contribution in [3.63, 3.8) is 0 Å². The van der Waals surface area contributed by atoms with Crippen molar-refractivity contribution in [2.24, 2.45) is 0 Å². The maximum atomic E-state index is 13.0. The number of carboxylic acids is 1. The van der Waals surface area contributed by atoms with Gasteiger partial charge in [-0.25, -0.2) is 9.78 Å². The second-order valence-electron chi connectivity index (χ2n) is 4.06. The summed E-state index contributed by atoms with van der Waals surface area (Å²) in [5, 5.41) is 9.03. The third kappa shape index (κ3) is 2.60. The molecule has 0 saturated heterocycles. The number of halogens is 3. The van der Waals surface area contributed by atoms with Crippen LogP contribution in [0.2, 0.25) is 0 Å². The summed E-state index contributed by atoms with van der Waals surface area (Å²) in [5.41, 5.74) is -0.171. The highest BCUT2D eigenvalue weighted by Crippen LogP contribution is 2.32. The summed E-state index contributed by atoms with van der Waals surface area (Å²) < 4.78 is 40.1. The van der Waals surface area contributed by atoms with Crippen LogP contribution in [-0.4, -0.2) is 32.6 Å². The summed E-state index contributed by atoms with van der Waals surface area (Å²) in [6.07, 6.45) is -2.83. The second kappa shape index (κ2) is 5.35. The number of nitrogens with zero attached hydrogens (tertiary/aromatic N) is 2. The Hall–Kier alpha value is -1.70. The SMILES string of the molecule is CSCCn1c(C(F)(F)F)nc2c(C(=O)O)cccc21. The number of aryl methyl sites for hydroxylation is 1. The minimum atomic E-state index is -4.62. The smallest absolute Gasteiger partial charge is 0.449 e. The van der Waals surface area contributed by atoms with Crippen LogP contribution in [0.15, 0.2) is 18.2 Å². The number of alkyl halides is 3. The molecule has 0 atom stereocenters. The molecule has 0 fully saturated rings. The fourth-order valence-corrected chi connectivity index (χ4v) is 2.31. The van der Waals surface area contributed by atoms with Gasteiger partial charge >= 0.3 is 12.1 Å². The number of thioether (sulfide) groups is 1. The van der Waals surface area contributed by atoms with Crippen molar-refractivity contribution >= 4 is 28.8 Å². The minimum absolute atomic E-state index is 0.121. The van der Waals surface area contributed by atoms with Crippen molar-refractivity contribution in [3.05, 3.63) is 29.6 Å². The molecular weight excluding hydrogens is 293 g/mol. The summed E-state index contributed by atoms with van der Waals surface area (Å²) in [5.74, 6) is -1.87. The Morgan fingerprint density at radius 1 is 1.45 bits per heavy atom. The normalized spacial score (nSPS) is 12.0. The average Bonchev–Trinajstić information content (AvgIpc) is 2.74. The van der Waals surface area contributed by atoms with Gasteiger partial charge in [-0.3, -0.25) is 0 Å². The molecule has 0 aliphatic carbocycles. The van der Waals surface area contributed by atoms with E-state index < -0.39 is 18.0 Å². The third-order valence-corrected chi connectivity index (χ3v) is 3.37. The molecule has 1 aromatic carbocycles. The number of carbonyl (C=O) groups is 1. The van der Waals surface area contributed by atoms with Gasteiger partial charge in [-0.2, -0.15) is 24.9 Å². The van der Waals surface area contributed by atoms with Gasteiger partial charge in [0, 0.05) is 12.3 Å². The van der Waals surface area contributed by atoms with Crippen LogP contribution >= 0.6 is 11.8 Å². The molecule has 0 spiro atoms. The molecule has 0 amide bonds. The van der Waals surface area contributed by atoms with Crippen molar-refractivity contribution in [1.82, 2.24) is 9.55 Å². The maximum absolute atomic E-state index is 13.0. The molecule has 4 nitrogen and oxygen atoms in total. The lowest BCUT2D eigenvalue weighted by atomic mass is 10.2. The highest BCUT2D eigenvalue weighted by Gasteiger charge is 2.38. The molecular formula is C12H11F3N2O2S. The molecule has 0 unspecified atom stereocenters. The lowest BCUT2D eigenvalue weighted by Crippen LogP contribution is -2.15. The Labute approximate surface area is 116 Å². The molecule has 1 N–H and O–H groups in total. The Morgan fingerprint density at radius 3 is 2.70 bits per heavy atom. The fraction of sp³-hybridized carbons (Fsp3) is 0.333. The number of para-hydroxylation sites is 1. The molecule has 8 heteroatoms. The summed E-state index contributed by atoms with van der Waals surface area (Å²) in [4.78, 5) is 14.6. The summed E-state index contributed by atoms with van der Waals surface area (Å²) in [7, 11) is 0. The molecule has 0 bridgehead atoms. The Morgan fingerprint density at radius 2 is 2.15 bits per heavy atom. The molecule has 0 saturated carbocycles. The molecule has 0 aliphatic rings. The fourth-order valence-electron chi connectivity index (χ4n) is 1.94. The van der Waals surface area contributed by atoms with Crippen molar-refractivity contribution in [3.8, 4) is 0 Å². The van der Waals surface area contributed by atoms with E-state index >= 15 is 0 Å². The first-order valence-electron chi connectivity index (χ1n) is 5.65. The number of imidazole rings is 1. The van der Waals surface area contributed by atoms with E-state index in [-0.39, 0.29) is 23.1 Å². The first-order chi connectivity index (χ1) is 9.36. The van der Waals surface area contributed by atoms with Crippen molar-refractivity contribution in [1.29, 1.82) is 0 Å². The first kappa shape index (κ1) is 14.7. The highest BCUT2D eigenvalue weighted by atomic mass is 32.2. The number of aromatic carboxylic acids is 1. The number of benzene rings is 1. The van der Waals surface area contributed by atoms with E-state index in [1.54, 1.807) is 6.26 Å². The number of fused-ring (bicyclic) bond motifs is 1. The van der Waals surface area contributed by atoms with Gasteiger partial charge in [0.05, 0.1) is 11.1 Å². The van der Waals surface area contributed by atoms with Crippen LogP contribution in [0, 0.1) is 0 Å². The maximum Gasteiger partial charge on any atom is 0.449 e. The van der Waals surface area contributed by atoms with Crippen molar-refractivity contribution in [2.75, 3.05) is 12.0 Å². The number of hydrogen-bond donors (Lipinski definition) is 1. The van der Waals surface area contributed by atoms with Crippen LogP contribution in [0.25, 0.3) is 11.0 Å². The van der Waals surface area contributed by atoms with Crippen LogP contribution < -0.4 is 0 Å². The van der Waals surface area contributed by atoms with Gasteiger partial charge in [-0.1, -0.05) is 6.07 Å². The Kier molecular flexibility index (Phi) is 3.94. The summed E-state index contributed by atoms with van der Waals surface area (Å²) in [6.45, 7) is 0.121. The number of rotatable bonds is 4. The summed E-state index contributed by atoms with van der Waals surface area (Å²) >= 11 is 1.41. The van der Waals surface area contributed by atoms with Crippen molar-refractivity contribution in [2.45, 2.75) is 12.7 Å². The predicted octanol–water partition coefficient (Wildman–Crippen LogP) is 3.12. The van der Waals surface area contributed by atoms with Crippen LogP contribution in [0.3, 0.4) is 0 Å². The molecule has 1 aromatic heterocycles. The summed E-state index contributed by atoms with van der Waals surface area (Å²) in [6, 6.07) is 4.12. The molecule has 108 valence electrons. The van der Waals surface area contributed by atoms with E-state index in [0.717, 1.165) is 4.57 Å². The molecule has 2 aromatic rings. The lowest BCUT2D eigenvalue weighted by Gasteiger charge is -2.10. The topological polar surface area (TPSA) is 55.1 Å². The monoisotopic (exact) mass is 304 g/mol. The molecule has 1 heterocycles. The number of aromatic nitrogens is 2. The molecule has 2 rings (SSSR count). The molecule has 20 heavy (non-hydrogen) atoms. The van der Waals surface area contributed by atoms with Gasteiger partial charge in [-0.15, -0.1) is 0 Å². The van der Waals surface area contributed by atoms with Gasteiger partial charge < -0.3 is 9.67 Å². The minimum Gasteiger partial charge on any atom is -0.478 e. The number of hydrogen-bond acceptors (Lipinski definition) is 3. The largest absolute Gasteiger partial charge is 0.478 e. The third-order valence-electron chi connectivity index (χ3n) is 2.78. The van der Waals surface area contributed by atoms with E-state index in [0.29, 0.717) is 5.75 Å². The standard InChI is InChI=1S/C12H11F3N2O2S/c1-20-6-5-17-8-4-2-3-7(10(18)19)9(8)16-11(17)12(13,14)15/h2-4H,5-6H2,1H3,(H,18,19). The number of carboxylic acid groups (broad SMARTS) is 1. The zero-order chi connectivity index (χ0) is 14.9. The molecule has 0 radical (unpaired) electrons. The Balaban J connectivity index is 2.71. The van der Waals surface area contributed by atoms with Gasteiger partial charge in [0.15, 0.2) is 0 Å². The second-order valence-corrected chi connectivity index (χ2v) is 5.04. The van der Waals surface area contributed by atoms with Crippen molar-refractivity contribution < 1.29 is 23.1 Å². The van der Waals surface area contributed by atoms with Gasteiger partial charge in [0.25, 0.3) is 0 Å². The van der Waals surface area contributed by atoms with Gasteiger partial charge in [0.1, 0.15) is 5.52 Å². The quantitative estimate of drug-likeness (QED) is 0.943. The lowest BCUT2D eigenvalue weighted by molar-refractivity contribution is -0.146. The van der Waals surface area contributed by atoms with Gasteiger partial charge in [0.2, 0.25) is 5.82 Å². The predicted molar refractivity (Wildman–Crippen MR) is 70.1 cm³/mol. The first-order valence-corrected chi connectivity index (χ1v) is 7.04. The van der Waals surface area contributed by atoms with Crippen LogP contribution in [0.1, 0.15) is 16.2 Å². The van der Waals surface area contributed by atoms with E-state index in [9.17, 15) is 18.0 Å². The van der Waals surface area contributed by atoms with E-state index in [1.807, 2.05) is 0 Å². The zero-order valence-electron chi connectivity index (χ0n) is 10.4. The average molecular weight is 304 g/mol.